The third kappa shape index (κ3) is 3.79. The minimum absolute atomic E-state index is 0.113. The highest BCUT2D eigenvalue weighted by atomic mass is 32.2. The van der Waals surface area contributed by atoms with Crippen molar-refractivity contribution in [3.05, 3.63) is 16.3 Å². The van der Waals surface area contributed by atoms with Gasteiger partial charge in [-0.05, 0) is 31.3 Å². The lowest BCUT2D eigenvalue weighted by Gasteiger charge is -2.22. The van der Waals surface area contributed by atoms with Gasteiger partial charge < -0.3 is 5.32 Å². The lowest BCUT2D eigenvalue weighted by atomic mass is 10.2. The highest BCUT2D eigenvalue weighted by Crippen LogP contribution is 2.23. The molecule has 0 radical (unpaired) electrons. The van der Waals surface area contributed by atoms with Gasteiger partial charge in [0.15, 0.2) is 9.84 Å². The quantitative estimate of drug-likeness (QED) is 0.807. The fourth-order valence-electron chi connectivity index (χ4n) is 2.26. The van der Waals surface area contributed by atoms with E-state index in [4.69, 9.17) is 0 Å². The third-order valence-corrected chi connectivity index (χ3v) is 7.59. The van der Waals surface area contributed by atoms with Crippen molar-refractivity contribution >= 4 is 31.2 Å². The number of hydrogen-bond acceptors (Lipinski definition) is 6. The number of nitrogens with one attached hydrogen (secondary N) is 2. The van der Waals surface area contributed by atoms with E-state index in [9.17, 15) is 16.8 Å². The van der Waals surface area contributed by atoms with Gasteiger partial charge in [-0.15, -0.1) is 11.3 Å². The number of hydrogen-bond donors (Lipinski definition) is 2. The molecule has 2 N–H and O–H groups in total. The van der Waals surface area contributed by atoms with Gasteiger partial charge in [0.05, 0.1) is 16.4 Å². The first kappa shape index (κ1) is 15.9. The molecule has 0 aromatic carbocycles. The molecule has 1 saturated heterocycles. The summed E-state index contributed by atoms with van der Waals surface area (Å²) in [5.74, 6) is 0.0341. The molecular weight excluding hydrogens is 320 g/mol. The summed E-state index contributed by atoms with van der Waals surface area (Å²) in [6, 6.07) is 1.03. The average molecular weight is 338 g/mol. The van der Waals surface area contributed by atoms with E-state index in [0.29, 0.717) is 19.4 Å². The molecule has 114 valence electrons. The van der Waals surface area contributed by atoms with Crippen LogP contribution in [0.3, 0.4) is 0 Å². The Labute approximate surface area is 123 Å². The predicted octanol–water partition coefficient (Wildman–Crippen LogP) is 0.323. The molecule has 0 aliphatic carbocycles. The molecule has 1 aliphatic rings. The zero-order chi connectivity index (χ0) is 14.8. The van der Waals surface area contributed by atoms with Crippen molar-refractivity contribution in [1.82, 2.24) is 10.0 Å². The Morgan fingerprint density at radius 3 is 2.85 bits per heavy atom. The second-order valence-electron chi connectivity index (χ2n) is 4.81. The Morgan fingerprint density at radius 1 is 1.45 bits per heavy atom. The third-order valence-electron chi connectivity index (χ3n) is 3.12. The van der Waals surface area contributed by atoms with Gasteiger partial charge in [-0.2, -0.15) is 0 Å². The normalized spacial score (nSPS) is 22.8. The molecule has 1 unspecified atom stereocenters. The van der Waals surface area contributed by atoms with Gasteiger partial charge in [0, 0.05) is 17.5 Å². The van der Waals surface area contributed by atoms with E-state index in [0.717, 1.165) is 4.88 Å². The molecule has 0 amide bonds. The van der Waals surface area contributed by atoms with Crippen LogP contribution in [0.1, 0.15) is 17.7 Å². The Balaban J connectivity index is 2.17. The van der Waals surface area contributed by atoms with Crippen LogP contribution in [-0.2, 0) is 26.4 Å². The van der Waals surface area contributed by atoms with Gasteiger partial charge in [-0.1, -0.05) is 0 Å². The Hall–Kier alpha value is -0.480. The van der Waals surface area contributed by atoms with E-state index in [2.05, 4.69) is 10.0 Å². The number of thiophene rings is 1. The van der Waals surface area contributed by atoms with E-state index >= 15 is 0 Å². The van der Waals surface area contributed by atoms with E-state index in [-0.39, 0.29) is 16.4 Å². The Morgan fingerprint density at radius 2 is 2.20 bits per heavy atom. The highest BCUT2D eigenvalue weighted by Gasteiger charge is 2.29. The largest absolute Gasteiger partial charge is 0.315 e. The van der Waals surface area contributed by atoms with Crippen molar-refractivity contribution in [3.8, 4) is 0 Å². The van der Waals surface area contributed by atoms with Crippen LogP contribution in [-0.4, -0.2) is 41.4 Å². The summed E-state index contributed by atoms with van der Waals surface area (Å²) in [6.07, 6.45) is 1.06. The van der Waals surface area contributed by atoms with Crippen LogP contribution in [0.5, 0.6) is 0 Å². The van der Waals surface area contributed by atoms with Crippen LogP contribution in [0.25, 0.3) is 0 Å². The molecule has 2 heterocycles. The lowest BCUT2D eigenvalue weighted by molar-refractivity contribution is 0.517. The number of rotatable bonds is 5. The molecule has 0 spiro atoms. The molecule has 1 aromatic heterocycles. The fourth-order valence-corrected chi connectivity index (χ4v) is 6.72. The summed E-state index contributed by atoms with van der Waals surface area (Å²) >= 11 is 1.36. The highest BCUT2D eigenvalue weighted by molar-refractivity contribution is 7.91. The van der Waals surface area contributed by atoms with Crippen molar-refractivity contribution in [1.29, 1.82) is 0 Å². The summed E-state index contributed by atoms with van der Waals surface area (Å²) in [4.78, 5) is 0.957. The molecule has 9 heteroatoms. The van der Waals surface area contributed by atoms with Gasteiger partial charge in [0.1, 0.15) is 0 Å². The molecule has 1 atom stereocenters. The van der Waals surface area contributed by atoms with Gasteiger partial charge in [0.25, 0.3) is 0 Å². The molecule has 0 saturated carbocycles. The van der Waals surface area contributed by atoms with E-state index in [1.54, 1.807) is 18.5 Å². The van der Waals surface area contributed by atoms with Crippen LogP contribution < -0.4 is 10.0 Å². The molecule has 6 nitrogen and oxygen atoms in total. The molecule has 1 aliphatic heterocycles. The fraction of sp³-hybridized carbons (Fsp3) is 0.636. The molecular formula is C11H18N2O4S3. The second kappa shape index (κ2) is 6.10. The monoisotopic (exact) mass is 338 g/mol. The first-order valence-corrected chi connectivity index (χ1v) is 10.5. The number of sulfone groups is 1. The Kier molecular flexibility index (Phi) is 4.85. The maximum Gasteiger partial charge on any atom is 0.242 e. The average Bonchev–Trinajstić information content (AvgIpc) is 2.76. The minimum atomic E-state index is -3.66. The van der Waals surface area contributed by atoms with Crippen molar-refractivity contribution in [2.24, 2.45) is 0 Å². The summed E-state index contributed by atoms with van der Waals surface area (Å²) in [5.41, 5.74) is 0. The van der Waals surface area contributed by atoms with Gasteiger partial charge in [-0.3, -0.25) is 0 Å². The molecule has 2 rings (SSSR count). The summed E-state index contributed by atoms with van der Waals surface area (Å²) in [5, 5.41) is 4.64. The molecule has 1 fully saturated rings. The first-order valence-electron chi connectivity index (χ1n) is 6.28. The first-order chi connectivity index (χ1) is 9.34. The zero-order valence-electron chi connectivity index (χ0n) is 11.1. The van der Waals surface area contributed by atoms with Crippen LogP contribution in [0.4, 0.5) is 0 Å². The van der Waals surface area contributed by atoms with Crippen LogP contribution >= 0.6 is 11.3 Å². The van der Waals surface area contributed by atoms with Crippen LogP contribution in [0.2, 0.25) is 0 Å². The molecule has 0 bridgehead atoms. The standard InChI is InChI=1S/C11H18N2O4S3/c1-12-7-10-11(4-5-18-10)20(16,17)13-9-3-2-6-19(14,15)8-9/h4-5,9,12-13H,2-3,6-8H2,1H3. The maximum absolute atomic E-state index is 12.3. The van der Waals surface area contributed by atoms with Crippen LogP contribution in [0, 0.1) is 0 Å². The van der Waals surface area contributed by atoms with E-state index in [1.807, 2.05) is 0 Å². The molecule has 1 aromatic rings. The predicted molar refractivity (Wildman–Crippen MR) is 79.1 cm³/mol. The van der Waals surface area contributed by atoms with E-state index in [1.165, 1.54) is 11.3 Å². The number of sulfonamides is 1. The smallest absolute Gasteiger partial charge is 0.242 e. The van der Waals surface area contributed by atoms with Crippen molar-refractivity contribution in [2.75, 3.05) is 18.6 Å². The van der Waals surface area contributed by atoms with E-state index < -0.39 is 25.9 Å². The lowest BCUT2D eigenvalue weighted by Crippen LogP contribution is -2.43. The van der Waals surface area contributed by atoms with Crippen molar-refractivity contribution < 1.29 is 16.8 Å². The summed E-state index contributed by atoms with van der Waals surface area (Å²) < 4.78 is 50.3. The van der Waals surface area contributed by atoms with Crippen molar-refractivity contribution in [2.45, 2.75) is 30.3 Å². The maximum atomic E-state index is 12.3. The van der Waals surface area contributed by atoms with Crippen LogP contribution in [0.15, 0.2) is 16.3 Å². The van der Waals surface area contributed by atoms with Gasteiger partial charge >= 0.3 is 0 Å². The SMILES string of the molecule is CNCc1sccc1S(=O)(=O)NC1CCCS(=O)(=O)C1. The summed E-state index contributed by atoms with van der Waals surface area (Å²) in [7, 11) is -5.05. The summed E-state index contributed by atoms with van der Waals surface area (Å²) in [6.45, 7) is 0.469. The van der Waals surface area contributed by atoms with Crippen molar-refractivity contribution in [3.63, 3.8) is 0 Å². The zero-order valence-corrected chi connectivity index (χ0v) is 13.6. The van der Waals surface area contributed by atoms with Gasteiger partial charge in [-0.25, -0.2) is 21.6 Å². The molecule has 20 heavy (non-hydrogen) atoms. The van der Waals surface area contributed by atoms with Gasteiger partial charge in [0.2, 0.25) is 10.0 Å². The Bertz CT molecular complexity index is 664. The topological polar surface area (TPSA) is 92.3 Å². The second-order valence-corrected chi connectivity index (χ2v) is 9.72. The minimum Gasteiger partial charge on any atom is -0.315 e.